The van der Waals surface area contributed by atoms with Crippen molar-refractivity contribution in [3.63, 3.8) is 0 Å². The van der Waals surface area contributed by atoms with Crippen molar-refractivity contribution in [2.45, 2.75) is 32.5 Å². The van der Waals surface area contributed by atoms with Gasteiger partial charge in [0.15, 0.2) is 5.82 Å². The summed E-state index contributed by atoms with van der Waals surface area (Å²) in [6.45, 7) is 4.61. The number of fused-ring (bicyclic) bond motifs is 1. The van der Waals surface area contributed by atoms with Crippen molar-refractivity contribution in [3.8, 4) is 17.1 Å². The van der Waals surface area contributed by atoms with Crippen LogP contribution in [0.1, 0.15) is 25.8 Å². The van der Waals surface area contributed by atoms with Crippen LogP contribution < -0.4 is 11.1 Å². The first-order chi connectivity index (χ1) is 13.6. The SMILES string of the molecule is CC(C)CC(N)CNc1nc(-c2cc(C(F)(F)F)ccc2O)nc2ccccc12. The molecule has 0 amide bonds. The first kappa shape index (κ1) is 20.9. The van der Waals surface area contributed by atoms with Gasteiger partial charge in [0.05, 0.1) is 16.6 Å². The van der Waals surface area contributed by atoms with Crippen LogP contribution in [0.5, 0.6) is 5.75 Å². The molecule has 29 heavy (non-hydrogen) atoms. The number of nitrogens with one attached hydrogen (secondary N) is 1. The molecule has 0 aliphatic heterocycles. The summed E-state index contributed by atoms with van der Waals surface area (Å²) in [5.41, 5.74) is 5.72. The molecule has 8 heteroatoms. The number of phenols is 1. The topological polar surface area (TPSA) is 84.1 Å². The van der Waals surface area contributed by atoms with Crippen LogP contribution in [-0.4, -0.2) is 27.7 Å². The molecule has 4 N–H and O–H groups in total. The number of phenolic OH excluding ortho intramolecular Hbond substituents is 1. The van der Waals surface area contributed by atoms with Gasteiger partial charge in [-0.25, -0.2) is 9.97 Å². The molecule has 154 valence electrons. The minimum atomic E-state index is -4.54. The van der Waals surface area contributed by atoms with Gasteiger partial charge in [0.2, 0.25) is 0 Å². The molecular formula is C21H23F3N4O. The fourth-order valence-electron chi connectivity index (χ4n) is 3.14. The summed E-state index contributed by atoms with van der Waals surface area (Å²) in [6.07, 6.45) is -3.72. The highest BCUT2D eigenvalue weighted by atomic mass is 19.4. The maximum atomic E-state index is 13.1. The molecule has 0 aliphatic rings. The molecule has 0 spiro atoms. The Labute approximate surface area is 166 Å². The van der Waals surface area contributed by atoms with Crippen LogP contribution in [-0.2, 0) is 6.18 Å². The number of para-hydroxylation sites is 1. The number of nitrogens with zero attached hydrogens (tertiary/aromatic N) is 2. The minimum absolute atomic E-state index is 0.00670. The van der Waals surface area contributed by atoms with Gasteiger partial charge in [-0.2, -0.15) is 13.2 Å². The quantitative estimate of drug-likeness (QED) is 0.549. The predicted octanol–water partition coefficient (Wildman–Crippen LogP) is 4.81. The highest BCUT2D eigenvalue weighted by Gasteiger charge is 2.31. The number of rotatable bonds is 6. The van der Waals surface area contributed by atoms with E-state index in [9.17, 15) is 18.3 Å². The van der Waals surface area contributed by atoms with E-state index in [0.29, 0.717) is 23.8 Å². The molecule has 1 unspecified atom stereocenters. The second-order valence-electron chi connectivity index (χ2n) is 7.41. The lowest BCUT2D eigenvalue weighted by Crippen LogP contribution is -2.30. The lowest BCUT2D eigenvalue weighted by atomic mass is 10.0. The van der Waals surface area contributed by atoms with Crippen LogP contribution in [0.2, 0.25) is 0 Å². The van der Waals surface area contributed by atoms with Gasteiger partial charge in [0.1, 0.15) is 11.6 Å². The monoisotopic (exact) mass is 404 g/mol. The number of nitrogens with two attached hydrogens (primary N) is 1. The number of alkyl halides is 3. The summed E-state index contributed by atoms with van der Waals surface area (Å²) in [5, 5.41) is 14.1. The van der Waals surface area contributed by atoms with E-state index in [1.807, 2.05) is 12.1 Å². The van der Waals surface area contributed by atoms with Gasteiger partial charge >= 0.3 is 6.18 Å². The first-order valence-electron chi connectivity index (χ1n) is 9.32. The van der Waals surface area contributed by atoms with Gasteiger partial charge in [-0.3, -0.25) is 0 Å². The van der Waals surface area contributed by atoms with Gasteiger partial charge in [-0.05, 0) is 42.7 Å². The zero-order valence-electron chi connectivity index (χ0n) is 16.2. The van der Waals surface area contributed by atoms with E-state index in [1.165, 1.54) is 0 Å². The standard InChI is InChI=1S/C21H23F3N4O/c1-12(2)9-14(25)11-26-19-15-5-3-4-6-17(15)27-20(28-19)16-10-13(21(22,23)24)7-8-18(16)29/h3-8,10,12,14,29H,9,11,25H2,1-2H3,(H,26,27,28). The Balaban J connectivity index is 2.04. The molecule has 0 bridgehead atoms. The number of aromatic nitrogens is 2. The van der Waals surface area contributed by atoms with Gasteiger partial charge < -0.3 is 16.2 Å². The third-order valence-electron chi connectivity index (χ3n) is 4.47. The number of halogens is 3. The normalized spacial score (nSPS) is 13.1. The second-order valence-corrected chi connectivity index (χ2v) is 7.41. The summed E-state index contributed by atoms with van der Waals surface area (Å²) >= 11 is 0. The van der Waals surface area contributed by atoms with Crippen LogP contribution in [0.4, 0.5) is 19.0 Å². The predicted molar refractivity (Wildman–Crippen MR) is 108 cm³/mol. The number of aromatic hydroxyl groups is 1. The van der Waals surface area contributed by atoms with E-state index in [1.54, 1.807) is 12.1 Å². The van der Waals surface area contributed by atoms with E-state index in [2.05, 4.69) is 29.1 Å². The molecule has 0 aliphatic carbocycles. The summed E-state index contributed by atoms with van der Waals surface area (Å²) in [4.78, 5) is 8.76. The Morgan fingerprint density at radius 1 is 1.10 bits per heavy atom. The summed E-state index contributed by atoms with van der Waals surface area (Å²) in [5.74, 6) is 0.580. The van der Waals surface area contributed by atoms with Crippen molar-refractivity contribution in [1.29, 1.82) is 0 Å². The third-order valence-corrected chi connectivity index (χ3v) is 4.47. The number of anilines is 1. The highest BCUT2D eigenvalue weighted by Crippen LogP contribution is 2.36. The van der Waals surface area contributed by atoms with Crippen molar-refractivity contribution < 1.29 is 18.3 Å². The van der Waals surface area contributed by atoms with Crippen molar-refractivity contribution in [3.05, 3.63) is 48.0 Å². The smallest absolute Gasteiger partial charge is 0.416 e. The van der Waals surface area contributed by atoms with Gasteiger partial charge in [-0.15, -0.1) is 0 Å². The molecule has 5 nitrogen and oxygen atoms in total. The lowest BCUT2D eigenvalue weighted by Gasteiger charge is -2.17. The van der Waals surface area contributed by atoms with Crippen LogP contribution in [0.3, 0.4) is 0 Å². The Morgan fingerprint density at radius 3 is 2.52 bits per heavy atom. The number of hydrogen-bond acceptors (Lipinski definition) is 5. The Bertz CT molecular complexity index is 1000. The average molecular weight is 404 g/mol. The molecule has 1 heterocycles. The van der Waals surface area contributed by atoms with Crippen LogP contribution in [0, 0.1) is 5.92 Å². The molecule has 0 fully saturated rings. The largest absolute Gasteiger partial charge is 0.507 e. The van der Waals surface area contributed by atoms with E-state index < -0.39 is 11.7 Å². The second kappa shape index (κ2) is 8.24. The molecule has 3 rings (SSSR count). The Morgan fingerprint density at radius 2 is 1.83 bits per heavy atom. The molecule has 0 saturated heterocycles. The van der Waals surface area contributed by atoms with E-state index in [-0.39, 0.29) is 23.2 Å². The molecule has 0 saturated carbocycles. The molecule has 2 aromatic carbocycles. The molecule has 1 aromatic heterocycles. The summed E-state index contributed by atoms with van der Waals surface area (Å²) < 4.78 is 39.3. The van der Waals surface area contributed by atoms with Crippen molar-refractivity contribution in [2.24, 2.45) is 11.7 Å². The van der Waals surface area contributed by atoms with Crippen molar-refractivity contribution in [2.75, 3.05) is 11.9 Å². The van der Waals surface area contributed by atoms with E-state index >= 15 is 0 Å². The van der Waals surface area contributed by atoms with Gasteiger partial charge in [0, 0.05) is 18.0 Å². The number of benzene rings is 2. The van der Waals surface area contributed by atoms with E-state index in [0.717, 1.165) is 30.0 Å². The highest BCUT2D eigenvalue weighted by molar-refractivity contribution is 5.91. The number of hydrogen-bond donors (Lipinski definition) is 3. The zero-order chi connectivity index (χ0) is 21.2. The maximum Gasteiger partial charge on any atom is 0.416 e. The molecule has 3 aromatic rings. The zero-order valence-corrected chi connectivity index (χ0v) is 16.2. The fraction of sp³-hybridized carbons (Fsp3) is 0.333. The molecule has 0 radical (unpaired) electrons. The lowest BCUT2D eigenvalue weighted by molar-refractivity contribution is -0.137. The Kier molecular flexibility index (Phi) is 5.93. The average Bonchev–Trinajstić information content (AvgIpc) is 2.64. The maximum absolute atomic E-state index is 13.1. The minimum Gasteiger partial charge on any atom is -0.507 e. The fourth-order valence-corrected chi connectivity index (χ4v) is 3.14. The summed E-state index contributed by atoms with van der Waals surface area (Å²) in [6, 6.07) is 9.74. The Hall–Kier alpha value is -2.87. The molecule has 1 atom stereocenters. The van der Waals surface area contributed by atoms with Crippen LogP contribution in [0.25, 0.3) is 22.3 Å². The van der Waals surface area contributed by atoms with Crippen LogP contribution in [0.15, 0.2) is 42.5 Å². The first-order valence-corrected chi connectivity index (χ1v) is 9.32. The third kappa shape index (κ3) is 4.95. The van der Waals surface area contributed by atoms with Crippen molar-refractivity contribution >= 4 is 16.7 Å². The van der Waals surface area contributed by atoms with Gasteiger partial charge in [0.25, 0.3) is 0 Å². The summed E-state index contributed by atoms with van der Waals surface area (Å²) in [7, 11) is 0. The van der Waals surface area contributed by atoms with Crippen molar-refractivity contribution in [1.82, 2.24) is 9.97 Å². The van der Waals surface area contributed by atoms with Gasteiger partial charge in [-0.1, -0.05) is 26.0 Å². The molecular weight excluding hydrogens is 381 g/mol. The van der Waals surface area contributed by atoms with Crippen LogP contribution >= 0.6 is 0 Å². The van der Waals surface area contributed by atoms with E-state index in [4.69, 9.17) is 5.73 Å².